The van der Waals surface area contributed by atoms with Crippen LogP contribution in [0, 0.1) is 12.3 Å². The molecule has 0 amide bonds. The second-order valence-electron chi connectivity index (χ2n) is 5.30. The normalized spacial score (nSPS) is 26.7. The highest BCUT2D eigenvalue weighted by Crippen LogP contribution is 2.39. The lowest BCUT2D eigenvalue weighted by Crippen LogP contribution is -2.34. The molecule has 0 bridgehead atoms. The van der Waals surface area contributed by atoms with E-state index in [-0.39, 0.29) is 10.7 Å². The van der Waals surface area contributed by atoms with Gasteiger partial charge < -0.3 is 0 Å². The predicted molar refractivity (Wildman–Crippen MR) is 75.8 cm³/mol. The molecular formula is C15H18O4S. The minimum atomic E-state index is -3.87. The molecule has 1 aliphatic carbocycles. The molecule has 1 aromatic rings. The van der Waals surface area contributed by atoms with Gasteiger partial charge in [0.05, 0.1) is 16.4 Å². The summed E-state index contributed by atoms with van der Waals surface area (Å²) >= 11 is 0. The third-order valence-electron chi connectivity index (χ3n) is 3.88. The van der Waals surface area contributed by atoms with Gasteiger partial charge in [0.2, 0.25) is 0 Å². The number of Topliss-reactive ketones (excluding diaryl/α,β-unsaturated/α-hetero) is 1. The van der Waals surface area contributed by atoms with Gasteiger partial charge in [0.25, 0.3) is 10.1 Å². The topological polar surface area (TPSA) is 60.4 Å². The Morgan fingerprint density at radius 3 is 2.50 bits per heavy atom. The third-order valence-corrected chi connectivity index (χ3v) is 5.21. The summed E-state index contributed by atoms with van der Waals surface area (Å²) in [7, 11) is -3.87. The number of hydrogen-bond acceptors (Lipinski definition) is 4. The van der Waals surface area contributed by atoms with Gasteiger partial charge in [-0.2, -0.15) is 8.42 Å². The molecular weight excluding hydrogens is 276 g/mol. The highest BCUT2D eigenvalue weighted by molar-refractivity contribution is 7.86. The first kappa shape index (κ1) is 14.9. The van der Waals surface area contributed by atoms with Crippen molar-refractivity contribution in [1.82, 2.24) is 0 Å². The Kier molecular flexibility index (Phi) is 3.84. The van der Waals surface area contributed by atoms with E-state index in [0.717, 1.165) is 5.56 Å². The molecule has 20 heavy (non-hydrogen) atoms. The number of carbonyl (C=O) groups is 1. The molecule has 4 nitrogen and oxygen atoms in total. The lowest BCUT2D eigenvalue weighted by Gasteiger charge is -2.25. The van der Waals surface area contributed by atoms with Crippen molar-refractivity contribution < 1.29 is 17.4 Å². The Hall–Kier alpha value is -1.46. The maximum Gasteiger partial charge on any atom is 0.297 e. The molecule has 2 rings (SSSR count). The average molecular weight is 294 g/mol. The molecule has 5 heteroatoms. The fourth-order valence-electron chi connectivity index (χ4n) is 2.32. The molecule has 1 fully saturated rings. The molecule has 2 atom stereocenters. The van der Waals surface area contributed by atoms with Crippen molar-refractivity contribution in [2.24, 2.45) is 5.41 Å². The SMILES string of the molecule is C=C[C@]1(C)C(=O)CC[C@@H]1OS(=O)(=O)c1ccc(C)cc1. The smallest absolute Gasteiger partial charge is 0.297 e. The Morgan fingerprint density at radius 2 is 1.95 bits per heavy atom. The van der Waals surface area contributed by atoms with Gasteiger partial charge in [0, 0.05) is 6.42 Å². The Labute approximate surface area is 119 Å². The van der Waals surface area contributed by atoms with E-state index in [1.807, 2.05) is 6.92 Å². The summed E-state index contributed by atoms with van der Waals surface area (Å²) in [4.78, 5) is 12.0. The van der Waals surface area contributed by atoms with Crippen molar-refractivity contribution in [2.45, 2.75) is 37.7 Å². The fourth-order valence-corrected chi connectivity index (χ4v) is 3.50. The number of benzene rings is 1. The maximum atomic E-state index is 12.2. The first-order chi connectivity index (χ1) is 9.29. The van der Waals surface area contributed by atoms with Crippen LogP contribution < -0.4 is 0 Å². The first-order valence-corrected chi connectivity index (χ1v) is 7.87. The molecule has 108 valence electrons. The van der Waals surface area contributed by atoms with Gasteiger partial charge in [-0.15, -0.1) is 6.58 Å². The quantitative estimate of drug-likeness (QED) is 0.632. The van der Waals surface area contributed by atoms with Gasteiger partial charge in [0.1, 0.15) is 5.78 Å². The van der Waals surface area contributed by atoms with Crippen LogP contribution in [0.25, 0.3) is 0 Å². The highest BCUT2D eigenvalue weighted by Gasteiger charge is 2.46. The van der Waals surface area contributed by atoms with Gasteiger partial charge in [-0.25, -0.2) is 0 Å². The fraction of sp³-hybridized carbons (Fsp3) is 0.400. The van der Waals surface area contributed by atoms with Crippen molar-refractivity contribution in [2.75, 3.05) is 0 Å². The van der Waals surface area contributed by atoms with Crippen molar-refractivity contribution in [1.29, 1.82) is 0 Å². The van der Waals surface area contributed by atoms with Gasteiger partial charge in [-0.1, -0.05) is 23.8 Å². The largest absolute Gasteiger partial charge is 0.299 e. The zero-order valence-corrected chi connectivity index (χ0v) is 12.4. The lowest BCUT2D eigenvalue weighted by atomic mass is 9.86. The number of rotatable bonds is 4. The zero-order chi connectivity index (χ0) is 15.0. The van der Waals surface area contributed by atoms with Crippen LogP contribution in [0.1, 0.15) is 25.3 Å². The molecule has 0 heterocycles. The summed E-state index contributed by atoms with van der Waals surface area (Å²) in [5.74, 6) is -0.0309. The van der Waals surface area contributed by atoms with E-state index >= 15 is 0 Å². The number of aryl methyl sites for hydroxylation is 1. The van der Waals surface area contributed by atoms with Crippen LogP contribution in [0.5, 0.6) is 0 Å². The minimum Gasteiger partial charge on any atom is -0.299 e. The highest BCUT2D eigenvalue weighted by atomic mass is 32.2. The maximum absolute atomic E-state index is 12.2. The summed E-state index contributed by atoms with van der Waals surface area (Å²) in [6, 6.07) is 6.44. The van der Waals surface area contributed by atoms with E-state index in [4.69, 9.17) is 4.18 Å². The summed E-state index contributed by atoms with van der Waals surface area (Å²) in [6.45, 7) is 7.18. The van der Waals surface area contributed by atoms with E-state index in [1.165, 1.54) is 18.2 Å². The molecule has 1 saturated carbocycles. The van der Waals surface area contributed by atoms with Crippen LogP contribution in [0.4, 0.5) is 0 Å². The second-order valence-corrected chi connectivity index (χ2v) is 6.87. The molecule has 0 aliphatic heterocycles. The molecule has 0 radical (unpaired) electrons. The van der Waals surface area contributed by atoms with Crippen molar-refractivity contribution >= 4 is 15.9 Å². The van der Waals surface area contributed by atoms with Crippen LogP contribution in [-0.2, 0) is 19.1 Å². The first-order valence-electron chi connectivity index (χ1n) is 6.46. The van der Waals surface area contributed by atoms with Crippen molar-refractivity contribution in [3.05, 3.63) is 42.5 Å². The van der Waals surface area contributed by atoms with E-state index in [9.17, 15) is 13.2 Å². The van der Waals surface area contributed by atoms with Crippen LogP contribution in [0.3, 0.4) is 0 Å². The Morgan fingerprint density at radius 1 is 1.35 bits per heavy atom. The van der Waals surface area contributed by atoms with Gasteiger partial charge in [-0.3, -0.25) is 8.98 Å². The van der Waals surface area contributed by atoms with E-state index in [0.29, 0.717) is 12.8 Å². The van der Waals surface area contributed by atoms with Crippen molar-refractivity contribution in [3.8, 4) is 0 Å². The van der Waals surface area contributed by atoms with Crippen LogP contribution in [0.15, 0.2) is 41.8 Å². The molecule has 0 unspecified atom stereocenters. The van der Waals surface area contributed by atoms with Gasteiger partial charge >= 0.3 is 0 Å². The zero-order valence-electron chi connectivity index (χ0n) is 11.6. The van der Waals surface area contributed by atoms with Gasteiger partial charge in [-0.05, 0) is 32.4 Å². The molecule has 0 aromatic heterocycles. The summed E-state index contributed by atoms with van der Waals surface area (Å²) in [5, 5.41) is 0. The molecule has 0 saturated heterocycles. The standard InChI is InChI=1S/C15H18O4S/c1-4-15(3)13(16)9-10-14(15)19-20(17,18)12-7-5-11(2)6-8-12/h4-8,14H,1,9-10H2,2-3H3/t14-,15+/m0/s1. The minimum absolute atomic E-state index is 0.0309. The summed E-state index contributed by atoms with van der Waals surface area (Å²) in [6.07, 6.45) is 1.51. The third kappa shape index (κ3) is 2.55. The molecule has 0 spiro atoms. The average Bonchev–Trinajstić information content (AvgIpc) is 2.68. The Balaban J connectivity index is 2.27. The molecule has 1 aromatic carbocycles. The molecule has 0 N–H and O–H groups in total. The van der Waals surface area contributed by atoms with Gasteiger partial charge in [0.15, 0.2) is 0 Å². The summed E-state index contributed by atoms with van der Waals surface area (Å²) in [5.41, 5.74) is 0.0357. The second kappa shape index (κ2) is 5.14. The van der Waals surface area contributed by atoms with Crippen LogP contribution >= 0.6 is 0 Å². The summed E-state index contributed by atoms with van der Waals surface area (Å²) < 4.78 is 29.8. The monoisotopic (exact) mass is 294 g/mol. The number of carbonyl (C=O) groups excluding carboxylic acids is 1. The van der Waals surface area contributed by atoms with E-state index in [1.54, 1.807) is 19.1 Å². The van der Waals surface area contributed by atoms with Crippen LogP contribution in [0.2, 0.25) is 0 Å². The lowest BCUT2D eigenvalue weighted by molar-refractivity contribution is -0.124. The van der Waals surface area contributed by atoms with E-state index in [2.05, 4.69) is 6.58 Å². The Bertz CT molecular complexity index is 630. The molecule has 1 aliphatic rings. The number of hydrogen-bond donors (Lipinski definition) is 0. The number of ketones is 1. The predicted octanol–water partition coefficient (Wildman–Crippen LogP) is 2.62. The van der Waals surface area contributed by atoms with Crippen LogP contribution in [-0.4, -0.2) is 20.3 Å². The van der Waals surface area contributed by atoms with E-state index < -0.39 is 21.6 Å². The van der Waals surface area contributed by atoms with Crippen molar-refractivity contribution in [3.63, 3.8) is 0 Å².